The zero-order valence-corrected chi connectivity index (χ0v) is 17.8. The van der Waals surface area contributed by atoms with E-state index in [0.29, 0.717) is 6.61 Å². The van der Waals surface area contributed by atoms with Crippen LogP contribution < -0.4 is 0 Å². The molecular formula is C21H34O7. The van der Waals surface area contributed by atoms with Gasteiger partial charge in [0.25, 0.3) is 0 Å². The largest absolute Gasteiger partial charge is 0.456 e. The molecule has 0 saturated carbocycles. The number of esters is 1. The van der Waals surface area contributed by atoms with Crippen molar-refractivity contribution in [3.05, 3.63) is 12.2 Å². The highest BCUT2D eigenvalue weighted by molar-refractivity contribution is 5.74. The van der Waals surface area contributed by atoms with Gasteiger partial charge in [-0.3, -0.25) is 4.79 Å². The SMILES string of the molecule is C/C=C/[C@@H](CCCC)C(=O)O[C@@H]1[C@H]2OC(C)(C)O[C@H]2O[C@@H]1[C@H]1COC(C)(C)O1. The van der Waals surface area contributed by atoms with Crippen LogP contribution in [0.4, 0.5) is 0 Å². The van der Waals surface area contributed by atoms with Crippen LogP contribution >= 0.6 is 0 Å². The van der Waals surface area contributed by atoms with Crippen molar-refractivity contribution in [3.8, 4) is 0 Å². The molecule has 160 valence electrons. The Balaban J connectivity index is 1.75. The summed E-state index contributed by atoms with van der Waals surface area (Å²) >= 11 is 0. The summed E-state index contributed by atoms with van der Waals surface area (Å²) < 4.78 is 35.6. The number of carbonyl (C=O) groups is 1. The van der Waals surface area contributed by atoms with E-state index in [1.165, 1.54) is 0 Å². The van der Waals surface area contributed by atoms with Gasteiger partial charge in [0.1, 0.15) is 12.2 Å². The van der Waals surface area contributed by atoms with Gasteiger partial charge in [0, 0.05) is 0 Å². The lowest BCUT2D eigenvalue weighted by molar-refractivity contribution is -0.235. The second-order valence-corrected chi connectivity index (χ2v) is 8.61. The third kappa shape index (κ3) is 4.76. The number of ether oxygens (including phenoxy) is 6. The molecular weight excluding hydrogens is 364 g/mol. The maximum absolute atomic E-state index is 12.9. The van der Waals surface area contributed by atoms with Crippen molar-refractivity contribution in [3.63, 3.8) is 0 Å². The monoisotopic (exact) mass is 398 g/mol. The van der Waals surface area contributed by atoms with Gasteiger partial charge >= 0.3 is 5.97 Å². The van der Waals surface area contributed by atoms with Crippen molar-refractivity contribution in [2.45, 2.75) is 103 Å². The van der Waals surface area contributed by atoms with Gasteiger partial charge in [-0.2, -0.15) is 0 Å². The molecule has 0 aliphatic carbocycles. The molecule has 0 bridgehead atoms. The van der Waals surface area contributed by atoms with E-state index in [-0.39, 0.29) is 18.0 Å². The van der Waals surface area contributed by atoms with E-state index in [1.54, 1.807) is 0 Å². The number of carbonyl (C=O) groups excluding carboxylic acids is 1. The number of allylic oxidation sites excluding steroid dienone is 1. The molecule has 3 heterocycles. The molecule has 6 atom stereocenters. The van der Waals surface area contributed by atoms with Crippen LogP contribution in [0.1, 0.15) is 60.8 Å². The molecule has 0 N–H and O–H groups in total. The molecule has 0 unspecified atom stereocenters. The van der Waals surface area contributed by atoms with Gasteiger partial charge in [-0.05, 0) is 41.0 Å². The van der Waals surface area contributed by atoms with E-state index in [2.05, 4.69) is 6.92 Å². The molecule has 3 aliphatic rings. The smallest absolute Gasteiger partial charge is 0.313 e. The summed E-state index contributed by atoms with van der Waals surface area (Å²) in [6.07, 6.45) is 3.96. The number of unbranched alkanes of at least 4 members (excludes halogenated alkanes) is 1. The highest BCUT2D eigenvalue weighted by Gasteiger charge is 2.60. The van der Waals surface area contributed by atoms with Crippen LogP contribution in [0.3, 0.4) is 0 Å². The number of fused-ring (bicyclic) bond motifs is 1. The van der Waals surface area contributed by atoms with E-state index >= 15 is 0 Å². The standard InChI is InChI=1S/C21H34O7/c1-7-9-11-13(10-8-2)18(22)24-16-15(14-12-23-20(3,4)26-14)25-19-17(16)27-21(5,6)28-19/h8,10,13-17,19H,7,9,11-12H2,1-6H3/b10-8+/t13-,14+,15+,16-,17+,19+/m0/s1. The van der Waals surface area contributed by atoms with Crippen LogP contribution in [-0.2, 0) is 33.2 Å². The lowest BCUT2D eigenvalue weighted by atomic mass is 10.0. The first kappa shape index (κ1) is 21.7. The van der Waals surface area contributed by atoms with Crippen LogP contribution in [0.2, 0.25) is 0 Å². The lowest BCUT2D eigenvalue weighted by Gasteiger charge is -2.29. The van der Waals surface area contributed by atoms with Crippen molar-refractivity contribution < 1.29 is 33.2 Å². The zero-order chi connectivity index (χ0) is 20.5. The molecule has 28 heavy (non-hydrogen) atoms. The minimum absolute atomic E-state index is 0.266. The quantitative estimate of drug-likeness (QED) is 0.481. The molecule has 0 spiro atoms. The first-order valence-electron chi connectivity index (χ1n) is 10.3. The fraction of sp³-hybridized carbons (Fsp3) is 0.857. The van der Waals surface area contributed by atoms with Crippen LogP contribution in [-0.4, -0.2) is 54.9 Å². The number of hydrogen-bond donors (Lipinski definition) is 0. The minimum atomic E-state index is -0.789. The fourth-order valence-corrected chi connectivity index (χ4v) is 3.99. The molecule has 0 aromatic rings. The molecule has 0 aromatic heterocycles. The van der Waals surface area contributed by atoms with E-state index in [1.807, 2.05) is 46.8 Å². The van der Waals surface area contributed by atoms with E-state index in [9.17, 15) is 4.79 Å². The van der Waals surface area contributed by atoms with Crippen molar-refractivity contribution in [1.82, 2.24) is 0 Å². The molecule has 3 aliphatic heterocycles. The topological polar surface area (TPSA) is 72.5 Å². The Morgan fingerprint density at radius 3 is 2.50 bits per heavy atom. The van der Waals surface area contributed by atoms with Gasteiger partial charge in [-0.25, -0.2) is 0 Å². The Morgan fingerprint density at radius 1 is 1.14 bits per heavy atom. The highest BCUT2D eigenvalue weighted by Crippen LogP contribution is 2.42. The average Bonchev–Trinajstić information content (AvgIpc) is 3.21. The lowest BCUT2D eigenvalue weighted by Crippen LogP contribution is -2.45. The van der Waals surface area contributed by atoms with Crippen LogP contribution in [0.15, 0.2) is 12.2 Å². The van der Waals surface area contributed by atoms with E-state index < -0.39 is 36.2 Å². The van der Waals surface area contributed by atoms with E-state index in [4.69, 9.17) is 28.4 Å². The molecule has 0 amide bonds. The highest BCUT2D eigenvalue weighted by atomic mass is 16.8. The van der Waals surface area contributed by atoms with E-state index in [0.717, 1.165) is 19.3 Å². The Kier molecular flexibility index (Phi) is 6.51. The Morgan fingerprint density at radius 2 is 1.89 bits per heavy atom. The third-order valence-electron chi connectivity index (χ3n) is 5.27. The Bertz CT molecular complexity index is 585. The van der Waals surface area contributed by atoms with Crippen molar-refractivity contribution in [2.75, 3.05) is 6.61 Å². The number of hydrogen-bond acceptors (Lipinski definition) is 7. The summed E-state index contributed by atoms with van der Waals surface area (Å²) in [5, 5.41) is 0. The maximum Gasteiger partial charge on any atom is 0.313 e. The molecule has 0 aromatic carbocycles. The van der Waals surface area contributed by atoms with Gasteiger partial charge < -0.3 is 28.4 Å². The molecule has 3 fully saturated rings. The van der Waals surface area contributed by atoms with Gasteiger partial charge in [0.2, 0.25) is 0 Å². The van der Waals surface area contributed by atoms with Crippen molar-refractivity contribution >= 4 is 5.97 Å². The summed E-state index contributed by atoms with van der Waals surface area (Å²) in [6.45, 7) is 11.7. The molecule has 7 heteroatoms. The Hall–Kier alpha value is -0.990. The summed E-state index contributed by atoms with van der Waals surface area (Å²) in [7, 11) is 0. The second kappa shape index (κ2) is 8.40. The van der Waals surface area contributed by atoms with Crippen LogP contribution in [0, 0.1) is 5.92 Å². The Labute approximate surface area is 167 Å². The molecule has 7 nitrogen and oxygen atoms in total. The first-order valence-corrected chi connectivity index (χ1v) is 10.3. The summed E-state index contributed by atoms with van der Waals surface area (Å²) in [5.74, 6) is -2.03. The van der Waals surface area contributed by atoms with Gasteiger partial charge in [0.05, 0.1) is 12.5 Å². The van der Waals surface area contributed by atoms with Crippen molar-refractivity contribution in [1.29, 1.82) is 0 Å². The second-order valence-electron chi connectivity index (χ2n) is 8.61. The zero-order valence-electron chi connectivity index (χ0n) is 17.8. The summed E-state index contributed by atoms with van der Waals surface area (Å²) in [4.78, 5) is 12.9. The predicted molar refractivity (Wildman–Crippen MR) is 101 cm³/mol. The minimum Gasteiger partial charge on any atom is -0.456 e. The molecule has 3 saturated heterocycles. The van der Waals surface area contributed by atoms with Crippen molar-refractivity contribution in [2.24, 2.45) is 5.92 Å². The van der Waals surface area contributed by atoms with Gasteiger partial charge in [-0.15, -0.1) is 0 Å². The van der Waals surface area contributed by atoms with Gasteiger partial charge in [0.15, 0.2) is 30.1 Å². The molecule has 0 radical (unpaired) electrons. The summed E-state index contributed by atoms with van der Waals surface area (Å²) in [5.41, 5.74) is 0. The van der Waals surface area contributed by atoms with Crippen LogP contribution in [0.5, 0.6) is 0 Å². The first-order chi connectivity index (χ1) is 13.2. The third-order valence-corrected chi connectivity index (χ3v) is 5.27. The van der Waals surface area contributed by atoms with Crippen LogP contribution in [0.25, 0.3) is 0 Å². The summed E-state index contributed by atoms with van der Waals surface area (Å²) in [6, 6.07) is 0. The number of rotatable bonds is 7. The normalized spacial score (nSPS) is 37.3. The maximum atomic E-state index is 12.9. The molecule has 3 rings (SSSR count). The average molecular weight is 398 g/mol. The predicted octanol–water partition coefficient (Wildman–Crippen LogP) is 3.31. The van der Waals surface area contributed by atoms with Gasteiger partial charge in [-0.1, -0.05) is 31.9 Å². The fourth-order valence-electron chi connectivity index (χ4n) is 3.99.